The van der Waals surface area contributed by atoms with Crippen molar-refractivity contribution in [1.82, 2.24) is 4.90 Å². The molecule has 0 heterocycles. The van der Waals surface area contributed by atoms with Crippen LogP contribution in [0.1, 0.15) is 64.5 Å². The van der Waals surface area contributed by atoms with E-state index in [0.29, 0.717) is 13.1 Å². The van der Waals surface area contributed by atoms with Crippen molar-refractivity contribution >= 4 is 14.4 Å². The average Bonchev–Trinajstić information content (AvgIpc) is 2.69. The minimum absolute atomic E-state index is 0.0570. The van der Waals surface area contributed by atoms with Gasteiger partial charge in [-0.2, -0.15) is 0 Å². The third-order valence-corrected chi connectivity index (χ3v) is 9.91. The molecule has 5 heteroatoms. The van der Waals surface area contributed by atoms with Crippen LogP contribution in [-0.4, -0.2) is 42.8 Å². The molecular formula is C27H41NO3Si. The Hall–Kier alpha value is -2.11. The molecule has 0 aliphatic heterocycles. The monoisotopic (exact) mass is 455 g/mol. The molecule has 2 rings (SSSR count). The SMILES string of the molecule is CC(C)(C)OC(=O)N(CCCC(C)(C)[Si](C)(C)O)CC(c1ccccc1)c1ccccc1. The number of carbonyl (C=O) groups is 1. The zero-order valence-electron chi connectivity index (χ0n) is 20.9. The van der Waals surface area contributed by atoms with Gasteiger partial charge in [-0.05, 0) is 62.9 Å². The van der Waals surface area contributed by atoms with Gasteiger partial charge in [-0.1, -0.05) is 74.5 Å². The lowest BCUT2D eigenvalue weighted by Gasteiger charge is -2.36. The Morgan fingerprint density at radius 1 is 0.938 bits per heavy atom. The molecule has 0 bridgehead atoms. The molecule has 0 fully saturated rings. The number of ether oxygens (including phenoxy) is 1. The summed E-state index contributed by atoms with van der Waals surface area (Å²) in [6.45, 7) is 15.1. The van der Waals surface area contributed by atoms with Crippen LogP contribution < -0.4 is 0 Å². The van der Waals surface area contributed by atoms with Crippen molar-refractivity contribution in [1.29, 1.82) is 0 Å². The molecule has 1 amide bonds. The molecule has 0 spiro atoms. The lowest BCUT2D eigenvalue weighted by Crippen LogP contribution is -2.42. The van der Waals surface area contributed by atoms with Crippen molar-refractivity contribution in [3.8, 4) is 0 Å². The first kappa shape index (κ1) is 26.1. The fourth-order valence-corrected chi connectivity index (χ4v) is 4.38. The van der Waals surface area contributed by atoms with Crippen LogP contribution in [0.5, 0.6) is 0 Å². The minimum Gasteiger partial charge on any atom is -0.444 e. The van der Waals surface area contributed by atoms with E-state index in [-0.39, 0.29) is 17.0 Å². The smallest absolute Gasteiger partial charge is 0.410 e. The van der Waals surface area contributed by atoms with Gasteiger partial charge in [-0.25, -0.2) is 4.79 Å². The van der Waals surface area contributed by atoms with Crippen LogP contribution in [0.4, 0.5) is 4.79 Å². The third kappa shape index (κ3) is 7.79. The van der Waals surface area contributed by atoms with Gasteiger partial charge in [0.15, 0.2) is 8.32 Å². The highest BCUT2D eigenvalue weighted by Crippen LogP contribution is 2.40. The second-order valence-corrected chi connectivity index (χ2v) is 15.3. The molecular weight excluding hydrogens is 414 g/mol. The Labute approximate surface area is 195 Å². The lowest BCUT2D eigenvalue weighted by molar-refractivity contribution is 0.0239. The van der Waals surface area contributed by atoms with Gasteiger partial charge in [0.1, 0.15) is 5.60 Å². The molecule has 4 nitrogen and oxygen atoms in total. The Balaban J connectivity index is 2.27. The van der Waals surface area contributed by atoms with E-state index in [4.69, 9.17) is 4.74 Å². The first-order valence-corrected chi connectivity index (χ1v) is 14.5. The second-order valence-electron chi connectivity index (χ2n) is 10.8. The van der Waals surface area contributed by atoms with E-state index in [2.05, 4.69) is 38.1 Å². The number of nitrogens with zero attached hydrogens (tertiary/aromatic N) is 1. The molecule has 2 aromatic rings. The highest BCUT2D eigenvalue weighted by atomic mass is 28.4. The fourth-order valence-electron chi connectivity index (χ4n) is 3.60. The molecule has 0 saturated carbocycles. The molecule has 32 heavy (non-hydrogen) atoms. The fraction of sp³-hybridized carbons (Fsp3) is 0.519. The molecule has 0 unspecified atom stereocenters. The highest BCUT2D eigenvalue weighted by Gasteiger charge is 2.37. The number of hydrogen-bond acceptors (Lipinski definition) is 3. The highest BCUT2D eigenvalue weighted by molar-refractivity contribution is 6.72. The minimum atomic E-state index is -2.29. The molecule has 0 aliphatic carbocycles. The van der Waals surface area contributed by atoms with E-state index in [0.717, 1.165) is 12.8 Å². The largest absolute Gasteiger partial charge is 0.444 e. The molecule has 176 valence electrons. The van der Waals surface area contributed by atoms with Gasteiger partial charge < -0.3 is 14.4 Å². The van der Waals surface area contributed by atoms with Gasteiger partial charge in [0.25, 0.3) is 0 Å². The van der Waals surface area contributed by atoms with Crippen LogP contribution >= 0.6 is 0 Å². The third-order valence-electron chi connectivity index (χ3n) is 6.34. The summed E-state index contributed by atoms with van der Waals surface area (Å²) in [4.78, 5) is 25.7. The summed E-state index contributed by atoms with van der Waals surface area (Å²) < 4.78 is 5.77. The lowest BCUT2D eigenvalue weighted by atomic mass is 9.90. The number of benzene rings is 2. The molecule has 0 aromatic heterocycles. The van der Waals surface area contributed by atoms with Gasteiger partial charge in [-0.15, -0.1) is 0 Å². The van der Waals surface area contributed by atoms with Gasteiger partial charge in [0.2, 0.25) is 0 Å². The normalized spacial score (nSPS) is 12.7. The van der Waals surface area contributed by atoms with E-state index in [1.54, 1.807) is 0 Å². The van der Waals surface area contributed by atoms with Crippen molar-refractivity contribution in [2.24, 2.45) is 0 Å². The summed E-state index contributed by atoms with van der Waals surface area (Å²) in [5.74, 6) is 0.0570. The predicted molar refractivity (Wildman–Crippen MR) is 136 cm³/mol. The van der Waals surface area contributed by atoms with Crippen molar-refractivity contribution in [3.05, 3.63) is 71.8 Å². The predicted octanol–water partition coefficient (Wildman–Crippen LogP) is 6.81. The van der Waals surface area contributed by atoms with Crippen molar-refractivity contribution < 1.29 is 14.3 Å². The van der Waals surface area contributed by atoms with Gasteiger partial charge in [0.05, 0.1) is 0 Å². The first-order chi connectivity index (χ1) is 14.8. The van der Waals surface area contributed by atoms with Crippen LogP contribution in [0.2, 0.25) is 18.1 Å². The number of hydrogen-bond donors (Lipinski definition) is 1. The maximum Gasteiger partial charge on any atom is 0.410 e. The Morgan fingerprint density at radius 2 is 1.41 bits per heavy atom. The van der Waals surface area contributed by atoms with E-state index in [1.807, 2.05) is 75.2 Å². The quantitative estimate of drug-likeness (QED) is 0.422. The van der Waals surface area contributed by atoms with Gasteiger partial charge in [0, 0.05) is 19.0 Å². The van der Waals surface area contributed by atoms with Crippen molar-refractivity contribution in [2.75, 3.05) is 13.1 Å². The Morgan fingerprint density at radius 3 is 1.81 bits per heavy atom. The zero-order valence-corrected chi connectivity index (χ0v) is 21.9. The topological polar surface area (TPSA) is 49.8 Å². The molecule has 1 N–H and O–H groups in total. The van der Waals surface area contributed by atoms with E-state index < -0.39 is 13.9 Å². The molecule has 0 atom stereocenters. The summed E-state index contributed by atoms with van der Waals surface area (Å²) in [6.07, 6.45) is 1.40. The maximum absolute atomic E-state index is 13.2. The average molecular weight is 456 g/mol. The summed E-state index contributed by atoms with van der Waals surface area (Å²) in [6, 6.07) is 20.7. The van der Waals surface area contributed by atoms with E-state index in [1.165, 1.54) is 11.1 Å². The van der Waals surface area contributed by atoms with Gasteiger partial charge in [-0.3, -0.25) is 0 Å². The van der Waals surface area contributed by atoms with Crippen LogP contribution in [0.3, 0.4) is 0 Å². The summed E-state index contributed by atoms with van der Waals surface area (Å²) in [5.41, 5.74) is 1.80. The van der Waals surface area contributed by atoms with E-state index in [9.17, 15) is 9.59 Å². The molecule has 0 saturated heterocycles. The summed E-state index contributed by atoms with van der Waals surface area (Å²) in [5, 5.41) is -0.120. The standard InChI is InChI=1S/C27H41NO3Si/c1-26(2,3)31-25(29)28(20-14-19-27(4,5)32(6,7)30)21-24(22-15-10-8-11-16-22)23-17-12-9-13-18-23/h8-13,15-18,24,30H,14,19-21H2,1-7H3. The Bertz CT molecular complexity index is 799. The van der Waals surface area contributed by atoms with E-state index >= 15 is 0 Å². The zero-order chi connectivity index (χ0) is 24.0. The maximum atomic E-state index is 13.2. The summed E-state index contributed by atoms with van der Waals surface area (Å²) >= 11 is 0. The second kappa shape index (κ2) is 10.7. The molecule has 2 aromatic carbocycles. The molecule has 0 aliphatic rings. The number of rotatable bonds is 9. The van der Waals surface area contributed by atoms with Crippen molar-refractivity contribution in [3.63, 3.8) is 0 Å². The first-order valence-electron chi connectivity index (χ1n) is 11.6. The summed E-state index contributed by atoms with van der Waals surface area (Å²) in [7, 11) is -2.29. The molecule has 0 radical (unpaired) electrons. The van der Waals surface area contributed by atoms with Crippen LogP contribution in [0.15, 0.2) is 60.7 Å². The van der Waals surface area contributed by atoms with Crippen LogP contribution in [-0.2, 0) is 4.74 Å². The van der Waals surface area contributed by atoms with Crippen molar-refractivity contribution in [2.45, 2.75) is 77.1 Å². The van der Waals surface area contributed by atoms with Crippen LogP contribution in [0.25, 0.3) is 0 Å². The van der Waals surface area contributed by atoms with Gasteiger partial charge >= 0.3 is 6.09 Å². The number of carbonyl (C=O) groups excluding carboxylic acids is 1. The van der Waals surface area contributed by atoms with Crippen LogP contribution in [0, 0.1) is 0 Å². The number of amides is 1. The Kier molecular flexibility index (Phi) is 8.72.